The maximum atomic E-state index is 13.5. The van der Waals surface area contributed by atoms with Crippen LogP contribution in [0.15, 0.2) is 0 Å². The average Bonchev–Trinajstić information content (AvgIpc) is 3.25. The Morgan fingerprint density at radius 3 is 0.730 bits per heavy atom. The number of halogens is 5. The largest absolute Gasteiger partial charge is 0.420 e. The molecule has 0 amide bonds. The van der Waals surface area contributed by atoms with Crippen molar-refractivity contribution >= 4 is 23.3 Å². The fourth-order valence-corrected chi connectivity index (χ4v) is 4.34. The Labute approximate surface area is 368 Å². The van der Waals surface area contributed by atoms with E-state index in [4.69, 9.17) is 47.4 Å². The van der Waals surface area contributed by atoms with E-state index >= 15 is 0 Å². The molecule has 0 N–H and O–H groups in total. The van der Waals surface area contributed by atoms with E-state index in [-0.39, 0.29) is 61.5 Å². The van der Waals surface area contributed by atoms with Crippen molar-refractivity contribution in [3.05, 3.63) is 29.1 Å². The van der Waals surface area contributed by atoms with Crippen LogP contribution in [0.25, 0.3) is 0 Å². The Balaban J connectivity index is 0.00000127. The van der Waals surface area contributed by atoms with Crippen molar-refractivity contribution in [2.24, 2.45) is 17.8 Å². The van der Waals surface area contributed by atoms with E-state index in [0.717, 1.165) is 0 Å². The molecule has 1 rings (SSSR count). The van der Waals surface area contributed by atoms with Gasteiger partial charge in [0.1, 0.15) is 17.3 Å². The minimum atomic E-state index is -2.35. The van der Waals surface area contributed by atoms with Crippen molar-refractivity contribution < 1.29 is 93.2 Å². The van der Waals surface area contributed by atoms with Gasteiger partial charge in [-0.25, -0.2) is 13.2 Å². The van der Waals surface area contributed by atoms with Gasteiger partial charge in [-0.15, -0.1) is 0 Å². The highest BCUT2D eigenvalue weighted by atomic mass is 19.2. The molecule has 0 aliphatic carbocycles. The first-order valence-corrected chi connectivity index (χ1v) is 21.2. The fourth-order valence-electron chi connectivity index (χ4n) is 4.34. The molecule has 0 unspecified atom stereocenters. The lowest BCUT2D eigenvalue weighted by atomic mass is 10.1. The summed E-state index contributed by atoms with van der Waals surface area (Å²) >= 11 is 0. The number of hydrogen-bond acceptors (Lipinski definition) is 15. The lowest BCUT2D eigenvalue weighted by Crippen LogP contribution is -2.16. The van der Waals surface area contributed by atoms with Crippen LogP contribution in [-0.2, 0) is 66.5 Å². The van der Waals surface area contributed by atoms with E-state index in [1.165, 1.54) is 0 Å². The van der Waals surface area contributed by atoms with Gasteiger partial charge in [0.2, 0.25) is 34.8 Å². The summed E-state index contributed by atoms with van der Waals surface area (Å²) in [6.45, 7) is 18.6. The van der Waals surface area contributed by atoms with E-state index in [0.29, 0.717) is 125 Å². The van der Waals surface area contributed by atoms with E-state index in [1.54, 1.807) is 0 Å². The molecular formula is C43H69F5O15. The van der Waals surface area contributed by atoms with Crippen LogP contribution in [0.1, 0.15) is 67.2 Å². The van der Waals surface area contributed by atoms with Gasteiger partial charge in [0.25, 0.3) is 0 Å². The summed E-state index contributed by atoms with van der Waals surface area (Å²) < 4.78 is 123. The lowest BCUT2D eigenvalue weighted by molar-refractivity contribution is -0.136. The Bertz CT molecular complexity index is 1320. The first-order valence-electron chi connectivity index (χ1n) is 21.2. The molecule has 0 saturated carbocycles. The summed E-state index contributed by atoms with van der Waals surface area (Å²) in [5.41, 5.74) is 0. The number of carbonyl (C=O) groups excluding carboxylic acids is 4. The highest BCUT2D eigenvalue weighted by molar-refractivity contribution is 5.81. The van der Waals surface area contributed by atoms with Gasteiger partial charge in [0.15, 0.2) is 0 Å². The molecule has 1 aromatic rings. The zero-order valence-electron chi connectivity index (χ0n) is 37.7. The second kappa shape index (κ2) is 39.3. The van der Waals surface area contributed by atoms with Crippen LogP contribution in [0.5, 0.6) is 5.75 Å². The van der Waals surface area contributed by atoms with Gasteiger partial charge in [-0.2, -0.15) is 8.78 Å². The molecule has 0 atom stereocenters. The molecule has 0 aromatic heterocycles. The van der Waals surface area contributed by atoms with Crippen LogP contribution in [-0.4, -0.2) is 155 Å². The number of carbonyl (C=O) groups is 4. The smallest absolute Gasteiger partial charge is 0.313 e. The maximum absolute atomic E-state index is 13.5. The van der Waals surface area contributed by atoms with Crippen LogP contribution >= 0.6 is 0 Å². The van der Waals surface area contributed by atoms with Gasteiger partial charge in [-0.3, -0.25) is 19.2 Å². The molecule has 0 spiro atoms. The molecule has 0 heterocycles. The van der Waals surface area contributed by atoms with E-state index in [9.17, 15) is 41.1 Å². The predicted octanol–water partition coefficient (Wildman–Crippen LogP) is 5.68. The average molecular weight is 921 g/mol. The predicted molar refractivity (Wildman–Crippen MR) is 218 cm³/mol. The van der Waals surface area contributed by atoms with Gasteiger partial charge in [0, 0.05) is 37.0 Å². The van der Waals surface area contributed by atoms with Crippen molar-refractivity contribution in [1.82, 2.24) is 0 Å². The lowest BCUT2D eigenvalue weighted by Gasteiger charge is -2.09. The summed E-state index contributed by atoms with van der Waals surface area (Å²) in [4.78, 5) is 45.7. The molecule has 366 valence electrons. The topological polar surface area (TPSA) is 170 Å². The number of Topliss-reactive ketones (excluding diaryl/α,β-unsaturated/α-hetero) is 3. The van der Waals surface area contributed by atoms with Crippen molar-refractivity contribution in [2.75, 3.05) is 132 Å². The summed E-state index contributed by atoms with van der Waals surface area (Å²) in [6.07, 6.45) is 0.830. The number of ether oxygens (including phenoxy) is 11. The van der Waals surface area contributed by atoms with Crippen LogP contribution in [0, 0.1) is 46.8 Å². The van der Waals surface area contributed by atoms with Gasteiger partial charge < -0.3 is 52.1 Å². The van der Waals surface area contributed by atoms with Gasteiger partial charge in [-0.1, -0.05) is 41.5 Å². The molecule has 0 bridgehead atoms. The Morgan fingerprint density at radius 2 is 0.508 bits per heavy atom. The Morgan fingerprint density at radius 1 is 0.317 bits per heavy atom. The summed E-state index contributed by atoms with van der Waals surface area (Å²) in [6, 6.07) is 0. The molecule has 1 aromatic carbocycles. The highest BCUT2D eigenvalue weighted by Gasteiger charge is 2.28. The second-order valence-corrected chi connectivity index (χ2v) is 14.4. The van der Waals surface area contributed by atoms with Crippen LogP contribution in [0.4, 0.5) is 22.0 Å². The van der Waals surface area contributed by atoms with Crippen molar-refractivity contribution in [3.63, 3.8) is 0 Å². The number of ketones is 3. The first-order chi connectivity index (χ1) is 30.1. The third-order valence-corrected chi connectivity index (χ3v) is 8.22. The minimum Gasteiger partial charge on any atom is -0.420 e. The number of esters is 1. The summed E-state index contributed by atoms with van der Waals surface area (Å²) in [5.74, 6) is -13.4. The molecular weight excluding hydrogens is 851 g/mol. The van der Waals surface area contributed by atoms with E-state index < -0.39 is 47.2 Å². The number of rotatable bonds is 40. The second-order valence-electron chi connectivity index (χ2n) is 14.4. The zero-order chi connectivity index (χ0) is 47.3. The van der Waals surface area contributed by atoms with Crippen LogP contribution in [0.3, 0.4) is 0 Å². The molecule has 15 nitrogen and oxygen atoms in total. The Kier molecular flexibility index (Phi) is 37.4. The van der Waals surface area contributed by atoms with Crippen LogP contribution < -0.4 is 4.74 Å². The van der Waals surface area contributed by atoms with Gasteiger partial charge in [-0.05, 0) is 0 Å². The molecule has 20 heteroatoms. The molecule has 0 radical (unpaired) electrons. The molecule has 0 saturated heterocycles. The minimum absolute atomic E-state index is 0.00828. The third-order valence-electron chi connectivity index (χ3n) is 8.22. The zero-order valence-corrected chi connectivity index (χ0v) is 37.7. The van der Waals surface area contributed by atoms with E-state index in [1.807, 2.05) is 41.5 Å². The van der Waals surface area contributed by atoms with Gasteiger partial charge in [0.05, 0.1) is 139 Å². The number of benzene rings is 1. The Hall–Kier alpha value is -3.05. The van der Waals surface area contributed by atoms with Crippen molar-refractivity contribution in [3.8, 4) is 5.75 Å². The maximum Gasteiger partial charge on any atom is 0.313 e. The standard InChI is InChI=1S/C23H31F5O8.C20H38O7/c1-15(2)16(29)3-5-31-7-9-33-11-13-35-14-12-34-10-8-32-6-4-17(30)36-23-21(27)19(25)18(24)20(26)22(23)28;1-17(2)19(21)5-7-23-9-11-25-13-15-27-16-14-26-12-10-24-8-6-20(22)18(3)4/h15H,3-14H2,1-2H3;17-18H,5-16H2,1-4H3. The summed E-state index contributed by atoms with van der Waals surface area (Å²) in [7, 11) is 0. The highest BCUT2D eigenvalue weighted by Crippen LogP contribution is 2.29. The van der Waals surface area contributed by atoms with E-state index in [2.05, 4.69) is 4.74 Å². The summed E-state index contributed by atoms with van der Waals surface area (Å²) in [5, 5.41) is 0. The number of hydrogen-bond donors (Lipinski definition) is 0. The molecule has 0 aliphatic rings. The quantitative estimate of drug-likeness (QED) is 0.0197. The monoisotopic (exact) mass is 920 g/mol. The first kappa shape index (κ1) is 60.0. The molecule has 63 heavy (non-hydrogen) atoms. The van der Waals surface area contributed by atoms with Crippen LogP contribution in [0.2, 0.25) is 0 Å². The SMILES string of the molecule is CC(C)C(=O)CCOCCOCCOCCOCCOCCC(=O)C(C)C.CC(C)C(=O)CCOCCOCCOCCOCCOCCC(=O)Oc1c(F)c(F)c(F)c(F)c1F. The van der Waals surface area contributed by atoms with Crippen molar-refractivity contribution in [1.29, 1.82) is 0 Å². The third kappa shape index (κ3) is 32.3. The van der Waals surface area contributed by atoms with Gasteiger partial charge >= 0.3 is 5.97 Å². The molecule has 0 fully saturated rings. The fraction of sp³-hybridized carbons (Fsp3) is 0.767. The normalized spacial score (nSPS) is 11.4. The molecule has 0 aliphatic heterocycles. The van der Waals surface area contributed by atoms with Crippen molar-refractivity contribution in [2.45, 2.75) is 67.2 Å².